The maximum Gasteiger partial charge on any atom is 0.122 e. The van der Waals surface area contributed by atoms with Crippen LogP contribution >= 0.6 is 0 Å². The fourth-order valence-corrected chi connectivity index (χ4v) is 1.61. The molecule has 0 heterocycles. The summed E-state index contributed by atoms with van der Waals surface area (Å²) in [6.45, 7) is 6.21. The van der Waals surface area contributed by atoms with E-state index in [1.54, 1.807) is 7.11 Å². The van der Waals surface area contributed by atoms with Crippen molar-refractivity contribution in [2.24, 2.45) is 5.92 Å². The molecule has 3 nitrogen and oxygen atoms in total. The second kappa shape index (κ2) is 7.67. The van der Waals surface area contributed by atoms with E-state index < -0.39 is 0 Å². The van der Waals surface area contributed by atoms with Crippen molar-refractivity contribution in [3.05, 3.63) is 42.5 Å². The minimum atomic E-state index is -0.109. The van der Waals surface area contributed by atoms with Gasteiger partial charge >= 0.3 is 0 Å². The maximum atomic E-state index is 10.6. The van der Waals surface area contributed by atoms with E-state index in [1.807, 2.05) is 37.3 Å². The van der Waals surface area contributed by atoms with E-state index >= 15 is 0 Å². The van der Waals surface area contributed by atoms with Gasteiger partial charge in [0.25, 0.3) is 0 Å². The third-order valence-electron chi connectivity index (χ3n) is 2.91. The molecule has 2 atom stereocenters. The molecule has 3 heteroatoms. The predicted octanol–water partition coefficient (Wildman–Crippen LogP) is 2.99. The highest BCUT2D eigenvalue weighted by Gasteiger charge is 2.14. The van der Waals surface area contributed by atoms with Gasteiger partial charge in [-0.25, -0.2) is 0 Å². The van der Waals surface area contributed by atoms with Gasteiger partial charge in [-0.15, -0.1) is 6.58 Å². The van der Waals surface area contributed by atoms with Crippen LogP contribution in [0, 0.1) is 5.92 Å². The highest BCUT2D eigenvalue weighted by Crippen LogP contribution is 2.16. The molecule has 0 fully saturated rings. The van der Waals surface area contributed by atoms with Crippen molar-refractivity contribution in [2.75, 3.05) is 7.11 Å². The highest BCUT2D eigenvalue weighted by atomic mass is 16.5. The maximum absolute atomic E-state index is 10.6. The van der Waals surface area contributed by atoms with Crippen LogP contribution in [-0.4, -0.2) is 19.5 Å². The van der Waals surface area contributed by atoms with Crippen LogP contribution in [0.1, 0.15) is 18.9 Å². The third kappa shape index (κ3) is 4.34. The lowest BCUT2D eigenvalue weighted by atomic mass is 10.0. The van der Waals surface area contributed by atoms with Crippen LogP contribution in [0.15, 0.2) is 36.9 Å². The molecule has 98 valence electrons. The number of rotatable bonds is 8. The average Bonchev–Trinajstić information content (AvgIpc) is 2.43. The number of carbonyl (C=O) groups excluding carboxylic acids is 1. The van der Waals surface area contributed by atoms with Crippen LogP contribution in [0.5, 0.6) is 5.75 Å². The van der Waals surface area contributed by atoms with Gasteiger partial charge in [0.1, 0.15) is 12.0 Å². The number of methoxy groups -OCH3 is 1. The standard InChI is InChI=1S/C15H20O3/c1-4-12(2)15(9-10-16)18-11-13-5-7-14(17-3)8-6-13/h4-8,10,12,15H,1,9,11H2,2-3H3/t12-,15+/m0/s1. The van der Waals surface area contributed by atoms with Crippen molar-refractivity contribution in [3.8, 4) is 5.75 Å². The number of hydrogen-bond donors (Lipinski definition) is 0. The van der Waals surface area contributed by atoms with Gasteiger partial charge < -0.3 is 14.3 Å². The van der Waals surface area contributed by atoms with Gasteiger partial charge in [0.05, 0.1) is 19.8 Å². The van der Waals surface area contributed by atoms with Crippen LogP contribution in [0.3, 0.4) is 0 Å². The first-order chi connectivity index (χ1) is 8.71. The van der Waals surface area contributed by atoms with Gasteiger partial charge in [-0.05, 0) is 17.7 Å². The summed E-state index contributed by atoms with van der Waals surface area (Å²) < 4.78 is 10.8. The Bertz CT molecular complexity index is 370. The summed E-state index contributed by atoms with van der Waals surface area (Å²) >= 11 is 0. The molecule has 0 aliphatic rings. The molecule has 0 saturated heterocycles. The lowest BCUT2D eigenvalue weighted by Crippen LogP contribution is -2.20. The minimum Gasteiger partial charge on any atom is -0.497 e. The van der Waals surface area contributed by atoms with E-state index in [0.717, 1.165) is 17.6 Å². The minimum absolute atomic E-state index is 0.109. The number of ether oxygens (including phenoxy) is 2. The first-order valence-corrected chi connectivity index (χ1v) is 6.02. The second-order valence-electron chi connectivity index (χ2n) is 4.19. The van der Waals surface area contributed by atoms with Crippen LogP contribution in [0.4, 0.5) is 0 Å². The fraction of sp³-hybridized carbons (Fsp3) is 0.400. The molecule has 0 amide bonds. The van der Waals surface area contributed by atoms with Gasteiger partial charge in [-0.3, -0.25) is 0 Å². The summed E-state index contributed by atoms with van der Waals surface area (Å²) in [5.41, 5.74) is 1.06. The topological polar surface area (TPSA) is 35.5 Å². The molecule has 0 N–H and O–H groups in total. The molecule has 1 aromatic carbocycles. The number of carbonyl (C=O) groups is 1. The van der Waals surface area contributed by atoms with E-state index in [9.17, 15) is 4.79 Å². The Morgan fingerprint density at radius 1 is 1.33 bits per heavy atom. The monoisotopic (exact) mass is 248 g/mol. The number of aldehydes is 1. The lowest BCUT2D eigenvalue weighted by Gasteiger charge is -2.19. The molecule has 0 unspecified atom stereocenters. The molecule has 0 aliphatic heterocycles. The summed E-state index contributed by atoms with van der Waals surface area (Å²) in [7, 11) is 1.64. The van der Waals surface area contributed by atoms with E-state index in [1.165, 1.54) is 0 Å². The van der Waals surface area contributed by atoms with Crippen molar-refractivity contribution in [1.29, 1.82) is 0 Å². The van der Waals surface area contributed by atoms with Crippen molar-refractivity contribution in [3.63, 3.8) is 0 Å². The molecule has 1 aromatic rings. The van der Waals surface area contributed by atoms with Gasteiger partial charge in [0.2, 0.25) is 0 Å². The predicted molar refractivity (Wildman–Crippen MR) is 71.6 cm³/mol. The molecule has 18 heavy (non-hydrogen) atoms. The zero-order valence-electron chi connectivity index (χ0n) is 11.0. The number of benzene rings is 1. The van der Waals surface area contributed by atoms with Crippen LogP contribution < -0.4 is 4.74 Å². The van der Waals surface area contributed by atoms with Crippen molar-refractivity contribution in [2.45, 2.75) is 26.1 Å². The quantitative estimate of drug-likeness (QED) is 0.524. The van der Waals surface area contributed by atoms with Crippen molar-refractivity contribution in [1.82, 2.24) is 0 Å². The molecule has 0 saturated carbocycles. The molecule has 0 radical (unpaired) electrons. The van der Waals surface area contributed by atoms with Gasteiger partial charge in [-0.1, -0.05) is 25.1 Å². The normalized spacial score (nSPS) is 13.7. The zero-order valence-corrected chi connectivity index (χ0v) is 11.0. The third-order valence-corrected chi connectivity index (χ3v) is 2.91. The second-order valence-corrected chi connectivity index (χ2v) is 4.19. The molecule has 0 aromatic heterocycles. The smallest absolute Gasteiger partial charge is 0.122 e. The lowest BCUT2D eigenvalue weighted by molar-refractivity contribution is -0.111. The largest absolute Gasteiger partial charge is 0.497 e. The first kappa shape index (κ1) is 14.5. The fourth-order valence-electron chi connectivity index (χ4n) is 1.61. The zero-order chi connectivity index (χ0) is 13.4. The Morgan fingerprint density at radius 3 is 2.50 bits per heavy atom. The Balaban J connectivity index is 2.54. The van der Waals surface area contributed by atoms with Crippen molar-refractivity contribution >= 4 is 6.29 Å². The van der Waals surface area contributed by atoms with E-state index in [0.29, 0.717) is 13.0 Å². The Labute approximate surface area is 108 Å². The van der Waals surface area contributed by atoms with Crippen molar-refractivity contribution < 1.29 is 14.3 Å². The Morgan fingerprint density at radius 2 is 2.00 bits per heavy atom. The summed E-state index contributed by atoms with van der Waals surface area (Å²) in [4.78, 5) is 10.6. The van der Waals surface area contributed by atoms with Crippen LogP contribution in [0.2, 0.25) is 0 Å². The van der Waals surface area contributed by atoms with Crippen LogP contribution in [0.25, 0.3) is 0 Å². The van der Waals surface area contributed by atoms with Gasteiger partial charge in [0, 0.05) is 12.3 Å². The first-order valence-electron chi connectivity index (χ1n) is 6.02. The SMILES string of the molecule is C=C[C@H](C)[C@@H](CC=O)OCc1ccc(OC)cc1. The summed E-state index contributed by atoms with van der Waals surface area (Å²) in [6, 6.07) is 7.69. The Hall–Kier alpha value is -1.61. The molecular weight excluding hydrogens is 228 g/mol. The molecule has 0 spiro atoms. The van der Waals surface area contributed by atoms with Gasteiger partial charge in [-0.2, -0.15) is 0 Å². The average molecular weight is 248 g/mol. The van der Waals surface area contributed by atoms with Crippen LogP contribution in [-0.2, 0) is 16.1 Å². The molecule has 1 rings (SSSR count). The van der Waals surface area contributed by atoms with E-state index in [-0.39, 0.29) is 12.0 Å². The Kier molecular flexibility index (Phi) is 6.15. The molecular formula is C15H20O3. The van der Waals surface area contributed by atoms with E-state index in [4.69, 9.17) is 9.47 Å². The number of hydrogen-bond acceptors (Lipinski definition) is 3. The summed E-state index contributed by atoms with van der Waals surface area (Å²) in [6.07, 6.45) is 2.98. The molecule has 0 bridgehead atoms. The summed E-state index contributed by atoms with van der Waals surface area (Å²) in [5.74, 6) is 0.982. The molecule has 0 aliphatic carbocycles. The summed E-state index contributed by atoms with van der Waals surface area (Å²) in [5, 5.41) is 0. The highest BCUT2D eigenvalue weighted by molar-refractivity contribution is 5.50. The van der Waals surface area contributed by atoms with E-state index in [2.05, 4.69) is 6.58 Å². The van der Waals surface area contributed by atoms with Gasteiger partial charge in [0.15, 0.2) is 0 Å².